The summed E-state index contributed by atoms with van der Waals surface area (Å²) in [6, 6.07) is 7.61. The molecule has 6 heteroatoms. The second kappa shape index (κ2) is 5.58. The van der Waals surface area contributed by atoms with E-state index < -0.39 is 0 Å². The molecule has 2 unspecified atom stereocenters. The van der Waals surface area contributed by atoms with Crippen molar-refractivity contribution in [3.05, 3.63) is 53.7 Å². The third-order valence-electron chi connectivity index (χ3n) is 5.03. The van der Waals surface area contributed by atoms with Gasteiger partial charge in [-0.05, 0) is 43.5 Å². The van der Waals surface area contributed by atoms with Crippen molar-refractivity contribution >= 4 is 17.5 Å². The third kappa shape index (κ3) is 2.21. The Kier molecular flexibility index (Phi) is 3.49. The standard InChI is InChI=1S/C19H20N4O2/c1-4-15-16(17-11(2)21-19(25)23(17)18(15)24)13-5-7-14(8-6-13)22-10-9-20-12(22)3/h5-11,15H,4H2,1-3H3,(H,21,25). The SMILES string of the molecule is CCC1C(=O)N2C(=O)NC(C)C2=C1c1ccc(-n2ccnc2C)cc1. The molecular formula is C19H20N4O2. The highest BCUT2D eigenvalue weighted by atomic mass is 16.2. The Morgan fingerprint density at radius 3 is 2.52 bits per heavy atom. The molecule has 0 radical (unpaired) electrons. The fraction of sp³-hybridized carbons (Fsp3) is 0.316. The fourth-order valence-electron chi connectivity index (χ4n) is 3.83. The van der Waals surface area contributed by atoms with Gasteiger partial charge in [0.1, 0.15) is 5.82 Å². The van der Waals surface area contributed by atoms with Crippen LogP contribution in [0.4, 0.5) is 4.79 Å². The van der Waals surface area contributed by atoms with Gasteiger partial charge < -0.3 is 9.88 Å². The number of hydrogen-bond acceptors (Lipinski definition) is 3. The zero-order chi connectivity index (χ0) is 17.7. The number of amides is 3. The minimum Gasteiger partial charge on any atom is -0.329 e. The molecule has 0 bridgehead atoms. The number of benzene rings is 1. The third-order valence-corrected chi connectivity index (χ3v) is 5.03. The van der Waals surface area contributed by atoms with E-state index in [4.69, 9.17) is 0 Å². The number of urea groups is 1. The number of imide groups is 1. The maximum Gasteiger partial charge on any atom is 0.329 e. The molecule has 4 rings (SSSR count). The lowest BCUT2D eigenvalue weighted by Gasteiger charge is -2.14. The van der Waals surface area contributed by atoms with Gasteiger partial charge in [0.2, 0.25) is 5.91 Å². The van der Waals surface area contributed by atoms with Gasteiger partial charge in [-0.1, -0.05) is 19.1 Å². The molecule has 1 saturated heterocycles. The fourth-order valence-corrected chi connectivity index (χ4v) is 3.83. The minimum atomic E-state index is -0.313. The topological polar surface area (TPSA) is 67.2 Å². The van der Waals surface area contributed by atoms with Crippen molar-refractivity contribution in [2.75, 3.05) is 0 Å². The molecule has 2 aliphatic heterocycles. The van der Waals surface area contributed by atoms with Gasteiger partial charge in [0.05, 0.1) is 17.7 Å². The van der Waals surface area contributed by atoms with Crippen LogP contribution < -0.4 is 5.32 Å². The molecule has 0 saturated carbocycles. The average molecular weight is 336 g/mol. The van der Waals surface area contributed by atoms with Gasteiger partial charge >= 0.3 is 6.03 Å². The molecule has 0 spiro atoms. The molecular weight excluding hydrogens is 316 g/mol. The summed E-state index contributed by atoms with van der Waals surface area (Å²) in [6.45, 7) is 5.86. The first-order valence-corrected chi connectivity index (χ1v) is 8.52. The maximum atomic E-state index is 12.7. The van der Waals surface area contributed by atoms with Crippen molar-refractivity contribution in [2.24, 2.45) is 5.92 Å². The van der Waals surface area contributed by atoms with E-state index in [2.05, 4.69) is 10.3 Å². The largest absolute Gasteiger partial charge is 0.329 e. The molecule has 3 amide bonds. The number of carbonyl (C=O) groups is 2. The summed E-state index contributed by atoms with van der Waals surface area (Å²) in [5, 5.41) is 2.83. The van der Waals surface area contributed by atoms with Gasteiger partial charge in [-0.25, -0.2) is 14.7 Å². The summed E-state index contributed by atoms with van der Waals surface area (Å²) in [5.41, 5.74) is 3.77. The van der Waals surface area contributed by atoms with E-state index >= 15 is 0 Å². The Balaban J connectivity index is 1.80. The number of imidazole rings is 1. The second-order valence-corrected chi connectivity index (χ2v) is 6.50. The van der Waals surface area contributed by atoms with Crippen LogP contribution in [0.2, 0.25) is 0 Å². The van der Waals surface area contributed by atoms with E-state index in [1.807, 2.05) is 55.8 Å². The average Bonchev–Trinajstić information content (AvgIpc) is 3.23. The highest BCUT2D eigenvalue weighted by Gasteiger charge is 2.48. The predicted octanol–water partition coefficient (Wildman–Crippen LogP) is 2.87. The Hall–Kier alpha value is -2.89. The summed E-state index contributed by atoms with van der Waals surface area (Å²) in [6.07, 6.45) is 4.37. The maximum absolute atomic E-state index is 12.7. The monoisotopic (exact) mass is 336 g/mol. The van der Waals surface area contributed by atoms with Crippen molar-refractivity contribution in [1.29, 1.82) is 0 Å². The summed E-state index contributed by atoms with van der Waals surface area (Å²) >= 11 is 0. The normalized spacial score (nSPS) is 22.6. The lowest BCUT2D eigenvalue weighted by Crippen LogP contribution is -2.34. The lowest BCUT2D eigenvalue weighted by molar-refractivity contribution is -0.127. The number of aromatic nitrogens is 2. The summed E-state index contributed by atoms with van der Waals surface area (Å²) in [7, 11) is 0. The first-order chi connectivity index (χ1) is 12.0. The van der Waals surface area contributed by atoms with Crippen molar-refractivity contribution < 1.29 is 9.59 Å². The quantitative estimate of drug-likeness (QED) is 0.937. The van der Waals surface area contributed by atoms with Crippen LogP contribution in [0.5, 0.6) is 0 Å². The molecule has 2 aromatic rings. The molecule has 2 atom stereocenters. The molecule has 2 aliphatic rings. The Bertz CT molecular complexity index is 894. The van der Waals surface area contributed by atoms with E-state index in [0.717, 1.165) is 28.3 Å². The van der Waals surface area contributed by atoms with Crippen LogP contribution in [0, 0.1) is 12.8 Å². The molecule has 1 N–H and O–H groups in total. The van der Waals surface area contributed by atoms with Crippen LogP contribution in [-0.2, 0) is 4.79 Å². The molecule has 1 aromatic heterocycles. The molecule has 6 nitrogen and oxygen atoms in total. The molecule has 3 heterocycles. The number of fused-ring (bicyclic) bond motifs is 1. The van der Waals surface area contributed by atoms with E-state index in [-0.39, 0.29) is 23.9 Å². The van der Waals surface area contributed by atoms with Gasteiger partial charge in [-0.3, -0.25) is 4.79 Å². The van der Waals surface area contributed by atoms with E-state index in [1.54, 1.807) is 6.20 Å². The Labute approximate surface area is 146 Å². The first-order valence-electron chi connectivity index (χ1n) is 8.52. The summed E-state index contributed by atoms with van der Waals surface area (Å²) < 4.78 is 2.01. The van der Waals surface area contributed by atoms with E-state index in [0.29, 0.717) is 6.42 Å². The number of aryl methyl sites for hydroxylation is 1. The van der Waals surface area contributed by atoms with E-state index in [9.17, 15) is 9.59 Å². The predicted molar refractivity (Wildman–Crippen MR) is 93.8 cm³/mol. The van der Waals surface area contributed by atoms with Crippen LogP contribution in [0.3, 0.4) is 0 Å². The van der Waals surface area contributed by atoms with E-state index in [1.165, 1.54) is 4.90 Å². The van der Waals surface area contributed by atoms with Crippen molar-refractivity contribution in [3.63, 3.8) is 0 Å². The molecule has 1 aromatic carbocycles. The van der Waals surface area contributed by atoms with Gasteiger partial charge in [0.25, 0.3) is 0 Å². The smallest absolute Gasteiger partial charge is 0.329 e. The van der Waals surface area contributed by atoms with Gasteiger partial charge in [-0.15, -0.1) is 0 Å². The highest BCUT2D eigenvalue weighted by Crippen LogP contribution is 2.42. The highest BCUT2D eigenvalue weighted by molar-refractivity contribution is 6.11. The molecule has 25 heavy (non-hydrogen) atoms. The Morgan fingerprint density at radius 2 is 1.92 bits per heavy atom. The van der Waals surface area contributed by atoms with Crippen molar-refractivity contribution in [2.45, 2.75) is 33.2 Å². The molecule has 128 valence electrons. The molecule has 0 aliphatic carbocycles. The molecule has 1 fully saturated rings. The lowest BCUT2D eigenvalue weighted by atomic mass is 9.90. The van der Waals surface area contributed by atoms with Gasteiger partial charge in [-0.2, -0.15) is 0 Å². The van der Waals surface area contributed by atoms with Gasteiger partial charge in [0, 0.05) is 18.1 Å². The number of nitrogens with zero attached hydrogens (tertiary/aromatic N) is 3. The van der Waals surface area contributed by atoms with Crippen molar-refractivity contribution in [1.82, 2.24) is 19.8 Å². The van der Waals surface area contributed by atoms with Crippen LogP contribution in [0.15, 0.2) is 42.4 Å². The summed E-state index contributed by atoms with van der Waals surface area (Å²) in [5.74, 6) is 0.538. The Morgan fingerprint density at radius 1 is 1.20 bits per heavy atom. The van der Waals surface area contributed by atoms with Crippen LogP contribution in [0.1, 0.15) is 31.7 Å². The number of nitrogens with one attached hydrogen (secondary N) is 1. The zero-order valence-electron chi connectivity index (χ0n) is 14.5. The second-order valence-electron chi connectivity index (χ2n) is 6.50. The minimum absolute atomic E-state index is 0.121. The first kappa shape index (κ1) is 15.6. The summed E-state index contributed by atoms with van der Waals surface area (Å²) in [4.78, 5) is 30.3. The van der Waals surface area contributed by atoms with Crippen LogP contribution in [-0.4, -0.2) is 32.4 Å². The van der Waals surface area contributed by atoms with Crippen LogP contribution in [0.25, 0.3) is 11.3 Å². The number of carbonyl (C=O) groups excluding carboxylic acids is 2. The van der Waals surface area contributed by atoms with Crippen molar-refractivity contribution in [3.8, 4) is 5.69 Å². The van der Waals surface area contributed by atoms with Crippen LogP contribution >= 0.6 is 0 Å². The number of hydrogen-bond donors (Lipinski definition) is 1. The zero-order valence-corrected chi connectivity index (χ0v) is 14.5. The number of rotatable bonds is 3. The van der Waals surface area contributed by atoms with Gasteiger partial charge in [0.15, 0.2) is 0 Å².